The maximum Gasteiger partial charge on any atom is 0.123 e. The van der Waals surface area contributed by atoms with Gasteiger partial charge in [0.2, 0.25) is 0 Å². The first-order chi connectivity index (χ1) is 10.2. The van der Waals surface area contributed by atoms with E-state index in [0.29, 0.717) is 6.04 Å². The Morgan fingerprint density at radius 3 is 2.48 bits per heavy atom. The van der Waals surface area contributed by atoms with Gasteiger partial charge in [0.1, 0.15) is 5.75 Å². The third-order valence-electron chi connectivity index (χ3n) is 5.08. The molecule has 0 saturated heterocycles. The average molecular weight is 289 g/mol. The van der Waals surface area contributed by atoms with Gasteiger partial charge in [-0.25, -0.2) is 0 Å². The molecule has 1 atom stereocenters. The average Bonchev–Trinajstić information content (AvgIpc) is 2.53. The van der Waals surface area contributed by atoms with Crippen LogP contribution in [0.4, 0.5) is 0 Å². The third-order valence-corrected chi connectivity index (χ3v) is 5.08. The number of nitrogens with one attached hydrogen (secondary N) is 1. The minimum atomic E-state index is 0.433. The van der Waals surface area contributed by atoms with Gasteiger partial charge < -0.3 is 10.1 Å². The summed E-state index contributed by atoms with van der Waals surface area (Å²) in [5, 5.41) is 3.72. The highest BCUT2D eigenvalue weighted by Gasteiger charge is 2.29. The first kappa shape index (κ1) is 16.4. The van der Waals surface area contributed by atoms with E-state index in [1.807, 2.05) is 0 Å². The number of ether oxygens (including phenoxy) is 1. The van der Waals surface area contributed by atoms with Crippen molar-refractivity contribution in [2.24, 2.45) is 11.8 Å². The Hall–Kier alpha value is -1.02. The molecule has 1 aromatic carbocycles. The van der Waals surface area contributed by atoms with E-state index in [1.54, 1.807) is 7.11 Å². The first-order valence-electron chi connectivity index (χ1n) is 8.57. The summed E-state index contributed by atoms with van der Waals surface area (Å²) < 4.78 is 5.62. The fourth-order valence-electron chi connectivity index (χ4n) is 3.78. The molecule has 0 aromatic heterocycles. The highest BCUT2D eigenvalue weighted by atomic mass is 16.5. The second kappa shape index (κ2) is 7.84. The van der Waals surface area contributed by atoms with E-state index >= 15 is 0 Å². The summed E-state index contributed by atoms with van der Waals surface area (Å²) in [6.45, 7) is 7.71. The Balaban J connectivity index is 2.21. The van der Waals surface area contributed by atoms with Crippen molar-refractivity contribution in [2.45, 2.75) is 58.9 Å². The molecule has 1 saturated carbocycles. The summed E-state index contributed by atoms with van der Waals surface area (Å²) in [4.78, 5) is 0. The molecule has 1 fully saturated rings. The maximum absolute atomic E-state index is 5.62. The first-order valence-corrected chi connectivity index (χ1v) is 8.57. The number of hydrogen-bond acceptors (Lipinski definition) is 2. The van der Waals surface area contributed by atoms with Gasteiger partial charge in [0.05, 0.1) is 7.11 Å². The molecule has 2 rings (SSSR count). The van der Waals surface area contributed by atoms with Crippen molar-refractivity contribution in [3.05, 3.63) is 29.3 Å². The van der Waals surface area contributed by atoms with Crippen molar-refractivity contribution in [1.82, 2.24) is 5.32 Å². The Morgan fingerprint density at radius 1 is 1.19 bits per heavy atom. The van der Waals surface area contributed by atoms with Crippen molar-refractivity contribution < 1.29 is 4.74 Å². The van der Waals surface area contributed by atoms with Crippen LogP contribution in [0.5, 0.6) is 5.75 Å². The smallest absolute Gasteiger partial charge is 0.123 e. The predicted octanol–water partition coefficient (Wildman–Crippen LogP) is 4.87. The number of benzene rings is 1. The summed E-state index contributed by atoms with van der Waals surface area (Å²) in [5.41, 5.74) is 2.66. The zero-order valence-corrected chi connectivity index (χ0v) is 14.1. The molecule has 0 heterocycles. The van der Waals surface area contributed by atoms with Crippen LogP contribution < -0.4 is 10.1 Å². The number of rotatable bonds is 6. The summed E-state index contributed by atoms with van der Waals surface area (Å²) in [6, 6.07) is 6.99. The lowest BCUT2D eigenvalue weighted by atomic mass is 9.75. The third kappa shape index (κ3) is 4.00. The molecule has 1 aromatic rings. The molecule has 1 aliphatic carbocycles. The van der Waals surface area contributed by atoms with E-state index in [4.69, 9.17) is 4.74 Å². The van der Waals surface area contributed by atoms with Gasteiger partial charge in [0, 0.05) is 11.6 Å². The molecule has 0 spiro atoms. The number of hydrogen-bond donors (Lipinski definition) is 1. The van der Waals surface area contributed by atoms with Gasteiger partial charge in [-0.05, 0) is 44.2 Å². The van der Waals surface area contributed by atoms with Crippen molar-refractivity contribution in [2.75, 3.05) is 13.7 Å². The van der Waals surface area contributed by atoms with Crippen molar-refractivity contribution in [1.29, 1.82) is 0 Å². The highest BCUT2D eigenvalue weighted by molar-refractivity contribution is 5.39. The second-order valence-electron chi connectivity index (χ2n) is 6.47. The SMILES string of the molecule is CCNC(c1cc(C)ccc1OC)C1CCC(CC)CC1. The van der Waals surface area contributed by atoms with Gasteiger partial charge in [0.15, 0.2) is 0 Å². The maximum atomic E-state index is 5.62. The molecule has 0 bridgehead atoms. The van der Waals surface area contributed by atoms with Crippen LogP contribution >= 0.6 is 0 Å². The lowest BCUT2D eigenvalue weighted by molar-refractivity contribution is 0.217. The van der Waals surface area contributed by atoms with Crippen LogP contribution in [0, 0.1) is 18.8 Å². The minimum absolute atomic E-state index is 0.433. The van der Waals surface area contributed by atoms with E-state index < -0.39 is 0 Å². The molecule has 1 N–H and O–H groups in total. The Morgan fingerprint density at radius 2 is 1.90 bits per heavy atom. The molecule has 2 nitrogen and oxygen atoms in total. The Kier molecular flexibility index (Phi) is 6.10. The van der Waals surface area contributed by atoms with Crippen LogP contribution in [0.2, 0.25) is 0 Å². The molecular formula is C19H31NO. The minimum Gasteiger partial charge on any atom is -0.496 e. The fraction of sp³-hybridized carbons (Fsp3) is 0.684. The number of aryl methyl sites for hydroxylation is 1. The lowest BCUT2D eigenvalue weighted by Crippen LogP contribution is -2.31. The molecule has 118 valence electrons. The standard InChI is InChI=1S/C19H31NO/c1-5-15-8-10-16(11-9-15)19(20-6-2)17-13-14(3)7-12-18(17)21-4/h7,12-13,15-16,19-20H,5-6,8-11H2,1-4H3. The summed E-state index contributed by atoms with van der Waals surface area (Å²) >= 11 is 0. The van der Waals surface area contributed by atoms with Crippen LogP contribution in [-0.2, 0) is 0 Å². The van der Waals surface area contributed by atoms with Gasteiger partial charge in [-0.3, -0.25) is 0 Å². The van der Waals surface area contributed by atoms with Crippen LogP contribution in [0.1, 0.15) is 63.1 Å². The molecule has 2 heteroatoms. The molecular weight excluding hydrogens is 258 g/mol. The van der Waals surface area contributed by atoms with E-state index in [9.17, 15) is 0 Å². The summed E-state index contributed by atoms with van der Waals surface area (Å²) in [6.07, 6.45) is 6.79. The van der Waals surface area contributed by atoms with E-state index in [1.165, 1.54) is 43.2 Å². The zero-order chi connectivity index (χ0) is 15.2. The quantitative estimate of drug-likeness (QED) is 0.806. The molecule has 0 amide bonds. The van der Waals surface area contributed by atoms with Crippen molar-refractivity contribution >= 4 is 0 Å². The monoisotopic (exact) mass is 289 g/mol. The molecule has 1 unspecified atom stereocenters. The topological polar surface area (TPSA) is 21.3 Å². The van der Waals surface area contributed by atoms with E-state index in [-0.39, 0.29) is 0 Å². The number of methoxy groups -OCH3 is 1. The van der Waals surface area contributed by atoms with Crippen LogP contribution in [0.3, 0.4) is 0 Å². The second-order valence-corrected chi connectivity index (χ2v) is 6.47. The van der Waals surface area contributed by atoms with Gasteiger partial charge in [0.25, 0.3) is 0 Å². The van der Waals surface area contributed by atoms with Gasteiger partial charge in [-0.2, -0.15) is 0 Å². The van der Waals surface area contributed by atoms with Crippen LogP contribution in [-0.4, -0.2) is 13.7 Å². The summed E-state index contributed by atoms with van der Waals surface area (Å²) in [5.74, 6) is 2.72. The molecule has 21 heavy (non-hydrogen) atoms. The zero-order valence-electron chi connectivity index (χ0n) is 14.1. The largest absolute Gasteiger partial charge is 0.496 e. The predicted molar refractivity (Wildman–Crippen MR) is 89.9 cm³/mol. The highest BCUT2D eigenvalue weighted by Crippen LogP contribution is 2.40. The van der Waals surface area contributed by atoms with Crippen LogP contribution in [0.15, 0.2) is 18.2 Å². The Labute approximate surface area is 130 Å². The normalized spacial score (nSPS) is 23.8. The van der Waals surface area contributed by atoms with Gasteiger partial charge >= 0.3 is 0 Å². The van der Waals surface area contributed by atoms with Crippen molar-refractivity contribution in [3.8, 4) is 5.75 Å². The molecule has 0 aliphatic heterocycles. The molecule has 1 aliphatic rings. The van der Waals surface area contributed by atoms with Crippen LogP contribution in [0.25, 0.3) is 0 Å². The van der Waals surface area contributed by atoms with Gasteiger partial charge in [-0.15, -0.1) is 0 Å². The van der Waals surface area contributed by atoms with Crippen molar-refractivity contribution in [3.63, 3.8) is 0 Å². The fourth-order valence-corrected chi connectivity index (χ4v) is 3.78. The van der Waals surface area contributed by atoms with E-state index in [2.05, 4.69) is 44.3 Å². The van der Waals surface area contributed by atoms with E-state index in [0.717, 1.165) is 24.1 Å². The Bertz CT molecular complexity index is 435. The van der Waals surface area contributed by atoms with Gasteiger partial charge in [-0.1, -0.05) is 50.8 Å². The molecule has 0 radical (unpaired) electrons. The lowest BCUT2D eigenvalue weighted by Gasteiger charge is -2.35. The summed E-state index contributed by atoms with van der Waals surface area (Å²) in [7, 11) is 1.78.